The Morgan fingerprint density at radius 2 is 1.74 bits per heavy atom. The molecule has 6 nitrogen and oxygen atoms in total. The first-order valence-electron chi connectivity index (χ1n) is 15.9. The molecule has 1 aliphatic carbocycles. The number of amides is 1. The summed E-state index contributed by atoms with van der Waals surface area (Å²) in [4.78, 5) is 24.9. The van der Waals surface area contributed by atoms with E-state index in [9.17, 15) is 14.0 Å². The van der Waals surface area contributed by atoms with Crippen molar-refractivity contribution in [3.63, 3.8) is 0 Å². The minimum Gasteiger partial charge on any atom is -0.489 e. The Balaban J connectivity index is 1.48. The van der Waals surface area contributed by atoms with Gasteiger partial charge in [0.05, 0.1) is 6.04 Å². The summed E-state index contributed by atoms with van der Waals surface area (Å²) in [5.74, 6) is 1.84. The molecule has 2 aromatic rings. The van der Waals surface area contributed by atoms with Crippen LogP contribution in [0.5, 0.6) is 5.75 Å². The van der Waals surface area contributed by atoms with Gasteiger partial charge in [-0.1, -0.05) is 57.5 Å². The third-order valence-corrected chi connectivity index (χ3v) is 8.29. The second-order valence-corrected chi connectivity index (χ2v) is 12.4. The van der Waals surface area contributed by atoms with Crippen molar-refractivity contribution in [2.24, 2.45) is 17.8 Å². The average Bonchev–Trinajstić information content (AvgIpc) is 3.80. The lowest BCUT2D eigenvalue weighted by molar-refractivity contribution is -0.125. The highest BCUT2D eigenvalue weighted by molar-refractivity contribution is 5.82. The van der Waals surface area contributed by atoms with Gasteiger partial charge in [0.2, 0.25) is 5.91 Å². The molecule has 0 aromatic heterocycles. The van der Waals surface area contributed by atoms with Crippen molar-refractivity contribution in [2.75, 3.05) is 19.6 Å². The molecule has 0 radical (unpaired) electrons. The van der Waals surface area contributed by atoms with Crippen molar-refractivity contribution in [3.8, 4) is 5.75 Å². The van der Waals surface area contributed by atoms with E-state index in [4.69, 9.17) is 4.74 Å². The Bertz CT molecular complexity index is 1100. The van der Waals surface area contributed by atoms with Crippen molar-refractivity contribution < 1.29 is 18.7 Å². The summed E-state index contributed by atoms with van der Waals surface area (Å²) in [5.41, 5.74) is 2.16. The number of Topliss-reactive ketones (excluding diaryl/α,β-unsaturated/α-hetero) is 1. The third kappa shape index (κ3) is 11.8. The molecule has 1 saturated carbocycles. The Morgan fingerprint density at radius 1 is 1.02 bits per heavy atom. The van der Waals surface area contributed by atoms with Gasteiger partial charge in [0.1, 0.15) is 23.5 Å². The maximum Gasteiger partial charge on any atom is 0.223 e. The molecule has 5 unspecified atom stereocenters. The van der Waals surface area contributed by atoms with E-state index in [0.717, 1.165) is 61.9 Å². The molecule has 7 heteroatoms. The van der Waals surface area contributed by atoms with Crippen LogP contribution in [0, 0.1) is 23.6 Å². The zero-order valence-corrected chi connectivity index (χ0v) is 26.3. The zero-order valence-electron chi connectivity index (χ0n) is 26.3. The number of carbonyl (C=O) groups excluding carboxylic acids is 2. The number of hydrogen-bond donors (Lipinski definition) is 3. The Hall–Kier alpha value is -2.77. The second-order valence-electron chi connectivity index (χ2n) is 12.4. The van der Waals surface area contributed by atoms with E-state index < -0.39 is 0 Å². The highest BCUT2D eigenvalue weighted by atomic mass is 19.1. The lowest BCUT2D eigenvalue weighted by Gasteiger charge is -2.23. The molecule has 5 atom stereocenters. The maximum absolute atomic E-state index is 13.4. The number of halogens is 1. The van der Waals surface area contributed by atoms with E-state index in [1.54, 1.807) is 19.1 Å². The van der Waals surface area contributed by atoms with Crippen LogP contribution in [-0.4, -0.2) is 49.5 Å². The number of ether oxygens (including phenoxy) is 1. The minimum absolute atomic E-state index is 0.0492. The van der Waals surface area contributed by atoms with Gasteiger partial charge in [0.15, 0.2) is 0 Å². The highest BCUT2D eigenvalue weighted by Crippen LogP contribution is 2.33. The SMILES string of the molecule is CCC(C)CC(C)C(=O)NC(CNCCCc1ccccc1OC(C)CNC(C(C)=O)C1CC1)Cc1ccc(F)cc1. The van der Waals surface area contributed by atoms with Crippen molar-refractivity contribution in [1.82, 2.24) is 16.0 Å². The molecular weight excluding hydrogens is 529 g/mol. The van der Waals surface area contributed by atoms with Gasteiger partial charge in [-0.15, -0.1) is 0 Å². The number of rotatable bonds is 20. The first-order chi connectivity index (χ1) is 20.2. The summed E-state index contributed by atoms with van der Waals surface area (Å²) >= 11 is 0. The summed E-state index contributed by atoms with van der Waals surface area (Å²) in [7, 11) is 0. The summed E-state index contributed by atoms with van der Waals surface area (Å²) in [6.45, 7) is 12.1. The molecule has 42 heavy (non-hydrogen) atoms. The molecule has 1 aliphatic rings. The number of hydrogen-bond acceptors (Lipinski definition) is 5. The van der Waals surface area contributed by atoms with Gasteiger partial charge in [0.25, 0.3) is 0 Å². The summed E-state index contributed by atoms with van der Waals surface area (Å²) in [5, 5.41) is 10.2. The lowest BCUT2D eigenvalue weighted by atomic mass is 9.94. The molecule has 0 saturated heterocycles. The van der Waals surface area contributed by atoms with Gasteiger partial charge in [-0.25, -0.2) is 4.39 Å². The lowest BCUT2D eigenvalue weighted by Crippen LogP contribution is -2.45. The molecule has 1 amide bonds. The molecule has 0 aliphatic heterocycles. The third-order valence-electron chi connectivity index (χ3n) is 8.29. The normalized spacial score (nSPS) is 16.7. The summed E-state index contributed by atoms with van der Waals surface area (Å²) in [6, 6.07) is 14.5. The van der Waals surface area contributed by atoms with Gasteiger partial charge in [-0.2, -0.15) is 0 Å². The van der Waals surface area contributed by atoms with Gasteiger partial charge in [-0.05, 0) is 100 Å². The van der Waals surface area contributed by atoms with E-state index in [1.807, 2.05) is 32.0 Å². The minimum atomic E-state index is -0.256. The molecule has 2 aromatic carbocycles. The number of para-hydroxylation sites is 1. The van der Waals surface area contributed by atoms with Gasteiger partial charge in [-0.3, -0.25) is 9.59 Å². The number of aryl methyl sites for hydroxylation is 1. The van der Waals surface area contributed by atoms with E-state index in [-0.39, 0.29) is 41.6 Å². The summed E-state index contributed by atoms with van der Waals surface area (Å²) in [6.07, 6.45) is 6.55. The Labute approximate surface area is 252 Å². The van der Waals surface area contributed by atoms with Gasteiger partial charge >= 0.3 is 0 Å². The van der Waals surface area contributed by atoms with Crippen molar-refractivity contribution in [2.45, 2.75) is 97.8 Å². The predicted molar refractivity (Wildman–Crippen MR) is 168 cm³/mol. The first-order valence-corrected chi connectivity index (χ1v) is 15.9. The van der Waals surface area contributed by atoms with Crippen LogP contribution in [0.15, 0.2) is 48.5 Å². The Kier molecular flexibility index (Phi) is 14.0. The fourth-order valence-electron chi connectivity index (χ4n) is 5.43. The number of ketones is 1. The van der Waals surface area contributed by atoms with Crippen LogP contribution in [0.4, 0.5) is 4.39 Å². The van der Waals surface area contributed by atoms with E-state index in [1.165, 1.54) is 12.1 Å². The van der Waals surface area contributed by atoms with E-state index >= 15 is 0 Å². The molecule has 0 bridgehead atoms. The molecule has 1 fully saturated rings. The predicted octanol–water partition coefficient (Wildman–Crippen LogP) is 5.87. The quantitative estimate of drug-likeness (QED) is 0.171. The molecule has 0 heterocycles. The van der Waals surface area contributed by atoms with Crippen LogP contribution < -0.4 is 20.7 Å². The second kappa shape index (κ2) is 17.4. The van der Waals surface area contributed by atoms with Crippen molar-refractivity contribution in [1.29, 1.82) is 0 Å². The largest absolute Gasteiger partial charge is 0.489 e. The zero-order chi connectivity index (χ0) is 30.5. The average molecular weight is 582 g/mol. The topological polar surface area (TPSA) is 79.5 Å². The Morgan fingerprint density at radius 3 is 2.40 bits per heavy atom. The maximum atomic E-state index is 13.4. The highest BCUT2D eigenvalue weighted by Gasteiger charge is 2.34. The first kappa shape index (κ1) is 33.7. The van der Waals surface area contributed by atoms with Crippen LogP contribution in [0.3, 0.4) is 0 Å². The molecule has 0 spiro atoms. The van der Waals surface area contributed by atoms with Crippen LogP contribution >= 0.6 is 0 Å². The summed E-state index contributed by atoms with van der Waals surface area (Å²) < 4.78 is 19.7. The van der Waals surface area contributed by atoms with Crippen molar-refractivity contribution >= 4 is 11.7 Å². The van der Waals surface area contributed by atoms with Crippen LogP contribution in [-0.2, 0) is 22.4 Å². The van der Waals surface area contributed by atoms with Crippen molar-refractivity contribution in [3.05, 3.63) is 65.5 Å². The van der Waals surface area contributed by atoms with Crippen LogP contribution in [0.25, 0.3) is 0 Å². The smallest absolute Gasteiger partial charge is 0.223 e. The van der Waals surface area contributed by atoms with Gasteiger partial charge < -0.3 is 20.7 Å². The molecular formula is C35H52FN3O3. The fourth-order valence-corrected chi connectivity index (χ4v) is 5.43. The molecule has 3 N–H and O–H groups in total. The standard InChI is InChI=1S/C35H52FN3O3/c1-6-24(2)20-25(3)35(41)39-32(21-28-13-17-31(36)18-14-28)23-37-19-9-11-29-10-7-8-12-33(29)42-26(4)22-38-34(27(5)40)30-15-16-30/h7-8,10,12-14,17-18,24-26,30,32,34,37-38H,6,9,11,15-16,19-23H2,1-5H3,(H,39,41). The number of benzene rings is 2. The van der Waals surface area contributed by atoms with Gasteiger partial charge in [0, 0.05) is 25.0 Å². The monoisotopic (exact) mass is 581 g/mol. The number of carbonyl (C=O) groups is 2. The molecule has 232 valence electrons. The fraction of sp³-hybridized carbons (Fsp3) is 0.600. The van der Waals surface area contributed by atoms with E-state index in [2.05, 4.69) is 35.9 Å². The molecule has 3 rings (SSSR count). The van der Waals surface area contributed by atoms with Crippen LogP contribution in [0.1, 0.15) is 77.8 Å². The van der Waals surface area contributed by atoms with E-state index in [0.29, 0.717) is 31.3 Å². The number of nitrogens with one attached hydrogen (secondary N) is 3. The van der Waals surface area contributed by atoms with Crippen LogP contribution in [0.2, 0.25) is 0 Å².